The van der Waals surface area contributed by atoms with Crippen LogP contribution in [-0.2, 0) is 18.3 Å². The molecule has 3 heteroatoms. The summed E-state index contributed by atoms with van der Waals surface area (Å²) in [6.07, 6.45) is 0.959. The van der Waals surface area contributed by atoms with Crippen molar-refractivity contribution in [1.82, 2.24) is 9.47 Å². The van der Waals surface area contributed by atoms with Crippen molar-refractivity contribution >= 4 is 16.8 Å². The molecule has 0 saturated carbocycles. The molecule has 106 valence electrons. The zero-order valence-electron chi connectivity index (χ0n) is 12.9. The van der Waals surface area contributed by atoms with Gasteiger partial charge in [-0.05, 0) is 49.9 Å². The van der Waals surface area contributed by atoms with Gasteiger partial charge in [0.1, 0.15) is 0 Å². The molecule has 0 fully saturated rings. The van der Waals surface area contributed by atoms with Crippen LogP contribution in [0.4, 0.5) is 0 Å². The molecule has 2 aromatic rings. The molecule has 0 bridgehead atoms. The number of hydrogen-bond donors (Lipinski definition) is 0. The van der Waals surface area contributed by atoms with Crippen molar-refractivity contribution in [1.29, 1.82) is 0 Å². The van der Waals surface area contributed by atoms with Gasteiger partial charge in [0.25, 0.3) is 0 Å². The maximum Gasteiger partial charge on any atom is 0.220 e. The Kier molecular flexibility index (Phi) is 2.89. The van der Waals surface area contributed by atoms with E-state index in [1.165, 1.54) is 33.3 Å². The van der Waals surface area contributed by atoms with Crippen LogP contribution in [0.3, 0.4) is 0 Å². The van der Waals surface area contributed by atoms with Crippen LogP contribution in [0, 0.1) is 13.8 Å². The highest BCUT2D eigenvalue weighted by atomic mass is 16.2. The van der Waals surface area contributed by atoms with Gasteiger partial charge in [-0.3, -0.25) is 4.79 Å². The topological polar surface area (TPSA) is 25.2 Å². The highest BCUT2D eigenvalue weighted by Crippen LogP contribution is 2.38. The average Bonchev–Trinajstić information content (AvgIpc) is 2.63. The van der Waals surface area contributed by atoms with Crippen LogP contribution in [0.5, 0.6) is 0 Å². The molecule has 1 aliphatic rings. The third-order valence-corrected chi connectivity index (χ3v) is 4.66. The molecule has 20 heavy (non-hydrogen) atoms. The molecular weight excluding hydrogens is 248 g/mol. The van der Waals surface area contributed by atoms with Gasteiger partial charge in [-0.15, -0.1) is 0 Å². The van der Waals surface area contributed by atoms with Gasteiger partial charge in [0, 0.05) is 37.1 Å². The molecular formula is C17H22N2O. The second kappa shape index (κ2) is 4.37. The van der Waals surface area contributed by atoms with Crippen molar-refractivity contribution in [3.63, 3.8) is 0 Å². The van der Waals surface area contributed by atoms with Gasteiger partial charge < -0.3 is 9.47 Å². The third kappa shape index (κ3) is 1.69. The van der Waals surface area contributed by atoms with E-state index in [0.29, 0.717) is 0 Å². The van der Waals surface area contributed by atoms with Crippen LogP contribution in [-0.4, -0.2) is 21.9 Å². The molecule has 1 aromatic carbocycles. The SMILES string of the molecule is CC(=O)N1CCc2c(n(C)c3cc(C)cc(C)c23)C1C. The van der Waals surface area contributed by atoms with Gasteiger partial charge in [0.2, 0.25) is 5.91 Å². The Morgan fingerprint density at radius 2 is 2.00 bits per heavy atom. The fraction of sp³-hybridized carbons (Fsp3) is 0.471. The fourth-order valence-corrected chi connectivity index (χ4v) is 3.85. The van der Waals surface area contributed by atoms with Crippen molar-refractivity contribution in [3.05, 3.63) is 34.5 Å². The number of amides is 1. The molecule has 1 aliphatic heterocycles. The van der Waals surface area contributed by atoms with Crippen molar-refractivity contribution in [3.8, 4) is 0 Å². The van der Waals surface area contributed by atoms with E-state index in [2.05, 4.69) is 44.5 Å². The summed E-state index contributed by atoms with van der Waals surface area (Å²) in [6, 6.07) is 4.67. The smallest absolute Gasteiger partial charge is 0.220 e. The Balaban J connectivity index is 2.30. The molecule has 1 unspecified atom stereocenters. The minimum absolute atomic E-state index is 0.161. The van der Waals surface area contributed by atoms with Crippen molar-refractivity contribution in [2.45, 2.75) is 40.2 Å². The van der Waals surface area contributed by atoms with E-state index >= 15 is 0 Å². The van der Waals surface area contributed by atoms with Gasteiger partial charge >= 0.3 is 0 Å². The molecule has 3 nitrogen and oxygen atoms in total. The summed E-state index contributed by atoms with van der Waals surface area (Å²) in [4.78, 5) is 13.8. The molecule has 1 atom stereocenters. The standard InChI is InChI=1S/C17H22N2O/c1-10-8-11(2)16-14-6-7-19(13(4)20)12(3)17(14)18(5)15(16)9-10/h8-9,12H,6-7H2,1-5H3. The predicted molar refractivity (Wildman–Crippen MR) is 81.9 cm³/mol. The molecule has 3 rings (SSSR count). The minimum atomic E-state index is 0.161. The highest BCUT2D eigenvalue weighted by Gasteiger charge is 2.30. The first-order valence-electron chi connectivity index (χ1n) is 7.27. The largest absolute Gasteiger partial charge is 0.346 e. The Bertz CT molecular complexity index is 712. The Labute approximate surface area is 120 Å². The Hall–Kier alpha value is -1.77. The summed E-state index contributed by atoms with van der Waals surface area (Å²) in [6.45, 7) is 8.97. The first-order valence-corrected chi connectivity index (χ1v) is 7.27. The lowest BCUT2D eigenvalue weighted by Gasteiger charge is -2.33. The monoisotopic (exact) mass is 270 g/mol. The van der Waals surface area contributed by atoms with Crippen LogP contribution in [0.15, 0.2) is 12.1 Å². The van der Waals surface area contributed by atoms with E-state index in [0.717, 1.165) is 13.0 Å². The van der Waals surface area contributed by atoms with E-state index in [-0.39, 0.29) is 11.9 Å². The molecule has 1 aromatic heterocycles. The van der Waals surface area contributed by atoms with Gasteiger partial charge in [0.15, 0.2) is 0 Å². The van der Waals surface area contributed by atoms with E-state index < -0.39 is 0 Å². The second-order valence-corrected chi connectivity index (χ2v) is 6.04. The average molecular weight is 270 g/mol. The lowest BCUT2D eigenvalue weighted by atomic mass is 9.95. The minimum Gasteiger partial charge on any atom is -0.346 e. The van der Waals surface area contributed by atoms with Gasteiger partial charge in [-0.2, -0.15) is 0 Å². The third-order valence-electron chi connectivity index (χ3n) is 4.66. The predicted octanol–water partition coefficient (Wildman–Crippen LogP) is 3.26. The Morgan fingerprint density at radius 3 is 2.65 bits per heavy atom. The van der Waals surface area contributed by atoms with E-state index in [4.69, 9.17) is 0 Å². The molecule has 2 heterocycles. The highest BCUT2D eigenvalue weighted by molar-refractivity contribution is 5.90. The molecule has 1 amide bonds. The number of nitrogens with zero attached hydrogens (tertiary/aromatic N) is 2. The van der Waals surface area contributed by atoms with E-state index in [1.54, 1.807) is 6.92 Å². The molecule has 0 N–H and O–H groups in total. The summed E-state index contributed by atoms with van der Waals surface area (Å²) in [5.41, 5.74) is 6.68. The van der Waals surface area contributed by atoms with Gasteiger partial charge in [-0.1, -0.05) is 6.07 Å². The first-order chi connectivity index (χ1) is 9.41. The van der Waals surface area contributed by atoms with Crippen LogP contribution < -0.4 is 0 Å². The van der Waals surface area contributed by atoms with Crippen molar-refractivity contribution in [2.24, 2.45) is 7.05 Å². The number of rotatable bonds is 0. The molecule has 0 saturated heterocycles. The van der Waals surface area contributed by atoms with Crippen molar-refractivity contribution in [2.75, 3.05) is 6.54 Å². The van der Waals surface area contributed by atoms with Crippen molar-refractivity contribution < 1.29 is 4.79 Å². The zero-order valence-corrected chi connectivity index (χ0v) is 12.9. The van der Waals surface area contributed by atoms with Gasteiger partial charge in [-0.25, -0.2) is 0 Å². The molecule has 0 aliphatic carbocycles. The van der Waals surface area contributed by atoms with Gasteiger partial charge in [0.05, 0.1) is 6.04 Å². The number of carbonyl (C=O) groups excluding carboxylic acids is 1. The van der Waals surface area contributed by atoms with E-state index in [9.17, 15) is 4.79 Å². The summed E-state index contributed by atoms with van der Waals surface area (Å²) >= 11 is 0. The number of aryl methyl sites for hydroxylation is 3. The number of aromatic nitrogens is 1. The molecule has 0 radical (unpaired) electrons. The summed E-state index contributed by atoms with van der Waals surface area (Å²) < 4.78 is 2.28. The number of hydrogen-bond acceptors (Lipinski definition) is 1. The second-order valence-electron chi connectivity index (χ2n) is 6.04. The quantitative estimate of drug-likeness (QED) is 0.721. The normalized spacial score (nSPS) is 18.4. The first kappa shape index (κ1) is 13.2. The summed E-state index contributed by atoms with van der Waals surface area (Å²) in [5, 5.41) is 1.39. The fourth-order valence-electron chi connectivity index (χ4n) is 3.85. The lowest BCUT2D eigenvalue weighted by Crippen LogP contribution is -2.38. The van der Waals surface area contributed by atoms with Crippen LogP contribution in [0.1, 0.15) is 42.3 Å². The van der Waals surface area contributed by atoms with Crippen LogP contribution in [0.25, 0.3) is 10.9 Å². The van der Waals surface area contributed by atoms with E-state index in [1.807, 2.05) is 4.90 Å². The number of fused-ring (bicyclic) bond motifs is 3. The summed E-state index contributed by atoms with van der Waals surface area (Å²) in [5.74, 6) is 0.168. The maximum atomic E-state index is 11.8. The number of carbonyl (C=O) groups is 1. The van der Waals surface area contributed by atoms with Crippen LogP contribution >= 0.6 is 0 Å². The lowest BCUT2D eigenvalue weighted by molar-refractivity contribution is -0.131. The Morgan fingerprint density at radius 1 is 1.30 bits per heavy atom. The molecule has 0 spiro atoms. The zero-order chi connectivity index (χ0) is 14.6. The maximum absolute atomic E-state index is 11.8. The number of benzene rings is 1. The summed E-state index contributed by atoms with van der Waals surface area (Å²) in [7, 11) is 2.13. The van der Waals surface area contributed by atoms with Crippen LogP contribution in [0.2, 0.25) is 0 Å².